The number of nitrogens with zero attached hydrogens (tertiary/aromatic N) is 2. The third-order valence-electron chi connectivity index (χ3n) is 3.33. The van der Waals surface area contributed by atoms with Crippen molar-refractivity contribution in [3.63, 3.8) is 0 Å². The maximum Gasteiger partial charge on any atom is 0.253 e. The minimum Gasteiger partial charge on any atom is -0.345 e. The van der Waals surface area contributed by atoms with Crippen molar-refractivity contribution in [1.82, 2.24) is 15.5 Å². The van der Waals surface area contributed by atoms with Gasteiger partial charge in [-0.25, -0.2) is 0 Å². The summed E-state index contributed by atoms with van der Waals surface area (Å²) in [5, 5.41) is 10.9. The quantitative estimate of drug-likeness (QED) is 0.836. The number of carbonyl (C=O) groups is 1. The number of aryl methyl sites for hydroxylation is 2. The number of rotatable bonds is 5. The van der Waals surface area contributed by atoms with E-state index in [2.05, 4.69) is 15.5 Å². The van der Waals surface area contributed by atoms with Crippen molar-refractivity contribution in [2.24, 2.45) is 0 Å². The number of nitrogens with one attached hydrogen (secondary N) is 1. The predicted octanol–water partition coefficient (Wildman–Crippen LogP) is 2.62. The van der Waals surface area contributed by atoms with Crippen molar-refractivity contribution in [1.29, 1.82) is 0 Å². The van der Waals surface area contributed by atoms with Crippen LogP contribution in [0.3, 0.4) is 0 Å². The number of alkyl halides is 1. The number of hydrogen-bond acceptors (Lipinski definition) is 3. The first-order valence-corrected chi connectivity index (χ1v) is 6.71. The number of halogens is 1. The SMILES string of the molecule is CCC(CC)(CCl)NC(=O)c1cc(C)nnc1C. The van der Waals surface area contributed by atoms with Gasteiger partial charge in [0.05, 0.1) is 22.5 Å². The highest BCUT2D eigenvalue weighted by Gasteiger charge is 2.28. The molecule has 1 rings (SSSR count). The lowest BCUT2D eigenvalue weighted by Gasteiger charge is -2.30. The van der Waals surface area contributed by atoms with Crippen molar-refractivity contribution in [2.45, 2.75) is 46.1 Å². The lowest BCUT2D eigenvalue weighted by atomic mass is 9.94. The number of carbonyl (C=O) groups excluding carboxylic acids is 1. The Bertz CT molecular complexity index is 422. The molecule has 5 heteroatoms. The monoisotopic (exact) mass is 269 g/mol. The van der Waals surface area contributed by atoms with E-state index in [1.54, 1.807) is 13.0 Å². The lowest BCUT2D eigenvalue weighted by molar-refractivity contribution is 0.0901. The van der Waals surface area contributed by atoms with Gasteiger partial charge in [0.2, 0.25) is 0 Å². The van der Waals surface area contributed by atoms with Crippen molar-refractivity contribution in [3.8, 4) is 0 Å². The first-order valence-electron chi connectivity index (χ1n) is 6.17. The Balaban J connectivity index is 2.97. The van der Waals surface area contributed by atoms with Gasteiger partial charge >= 0.3 is 0 Å². The fourth-order valence-electron chi connectivity index (χ4n) is 1.74. The van der Waals surface area contributed by atoms with E-state index in [0.717, 1.165) is 18.5 Å². The van der Waals surface area contributed by atoms with Crippen LogP contribution in [0.5, 0.6) is 0 Å². The normalized spacial score (nSPS) is 11.4. The largest absolute Gasteiger partial charge is 0.345 e. The van der Waals surface area contributed by atoms with E-state index < -0.39 is 0 Å². The molecule has 0 saturated heterocycles. The van der Waals surface area contributed by atoms with Crippen molar-refractivity contribution < 1.29 is 4.79 Å². The van der Waals surface area contributed by atoms with E-state index >= 15 is 0 Å². The third-order valence-corrected chi connectivity index (χ3v) is 3.85. The van der Waals surface area contributed by atoms with Crippen molar-refractivity contribution in [3.05, 3.63) is 23.0 Å². The van der Waals surface area contributed by atoms with Crippen LogP contribution >= 0.6 is 11.6 Å². The molecule has 1 heterocycles. The van der Waals surface area contributed by atoms with Crippen molar-refractivity contribution in [2.75, 3.05) is 5.88 Å². The van der Waals surface area contributed by atoms with Crippen LogP contribution < -0.4 is 5.32 Å². The standard InChI is InChI=1S/C13H20ClN3O/c1-5-13(6-2,8-14)15-12(18)11-7-9(3)16-17-10(11)4/h7H,5-6,8H2,1-4H3,(H,15,18). The number of hydrogen-bond donors (Lipinski definition) is 1. The second-order valence-corrected chi connectivity index (χ2v) is 4.83. The molecule has 1 amide bonds. The van der Waals surface area contributed by atoms with Crippen LogP contribution in [-0.2, 0) is 0 Å². The van der Waals surface area contributed by atoms with Crippen LogP contribution in [0.25, 0.3) is 0 Å². The van der Waals surface area contributed by atoms with Gasteiger partial charge in [0, 0.05) is 5.88 Å². The van der Waals surface area contributed by atoms with Crippen molar-refractivity contribution >= 4 is 17.5 Å². The third kappa shape index (κ3) is 3.19. The molecule has 0 radical (unpaired) electrons. The maximum atomic E-state index is 12.3. The summed E-state index contributed by atoms with van der Waals surface area (Å²) in [6.45, 7) is 7.64. The number of amides is 1. The molecule has 100 valence electrons. The van der Waals surface area contributed by atoms with Crippen LogP contribution in [0.2, 0.25) is 0 Å². The molecule has 0 saturated carbocycles. The van der Waals surface area contributed by atoms with Crippen LogP contribution in [0.4, 0.5) is 0 Å². The van der Waals surface area contributed by atoms with E-state index in [4.69, 9.17) is 11.6 Å². The highest BCUT2D eigenvalue weighted by Crippen LogP contribution is 2.18. The van der Waals surface area contributed by atoms with Gasteiger partial charge < -0.3 is 5.32 Å². The molecule has 1 N–H and O–H groups in total. The minimum atomic E-state index is -0.345. The Labute approximate surface area is 113 Å². The van der Waals surface area contributed by atoms with Gasteiger partial charge in [-0.05, 0) is 32.8 Å². The molecule has 0 aliphatic carbocycles. The molecule has 0 aliphatic heterocycles. The van der Waals surface area contributed by atoms with E-state index in [1.807, 2.05) is 20.8 Å². The van der Waals surface area contributed by atoms with E-state index in [9.17, 15) is 4.79 Å². The molecule has 0 spiro atoms. The highest BCUT2D eigenvalue weighted by molar-refractivity contribution is 6.19. The fourth-order valence-corrected chi connectivity index (χ4v) is 2.18. The average Bonchev–Trinajstić information content (AvgIpc) is 2.38. The Kier molecular flexibility index (Phi) is 5.08. The van der Waals surface area contributed by atoms with E-state index in [1.165, 1.54) is 0 Å². The first kappa shape index (κ1) is 14.9. The average molecular weight is 270 g/mol. The summed E-state index contributed by atoms with van der Waals surface area (Å²) < 4.78 is 0. The Morgan fingerprint density at radius 2 is 1.94 bits per heavy atom. The number of aromatic nitrogens is 2. The molecular weight excluding hydrogens is 250 g/mol. The first-order chi connectivity index (χ1) is 8.48. The summed E-state index contributed by atoms with van der Waals surface area (Å²) in [5.74, 6) is 0.275. The summed E-state index contributed by atoms with van der Waals surface area (Å²) in [7, 11) is 0. The predicted molar refractivity (Wildman–Crippen MR) is 73.0 cm³/mol. The van der Waals surface area contributed by atoms with Gasteiger partial charge in [-0.3, -0.25) is 4.79 Å². The summed E-state index contributed by atoms with van der Waals surface area (Å²) >= 11 is 5.98. The second-order valence-electron chi connectivity index (χ2n) is 4.56. The molecule has 0 aliphatic rings. The van der Waals surface area contributed by atoms with E-state index in [0.29, 0.717) is 17.1 Å². The fraction of sp³-hybridized carbons (Fsp3) is 0.615. The summed E-state index contributed by atoms with van der Waals surface area (Å²) in [5.41, 5.74) is 1.59. The maximum absolute atomic E-state index is 12.3. The molecule has 0 fully saturated rings. The topological polar surface area (TPSA) is 54.9 Å². The molecule has 0 atom stereocenters. The van der Waals surface area contributed by atoms with Gasteiger partial charge in [-0.2, -0.15) is 10.2 Å². The van der Waals surface area contributed by atoms with Gasteiger partial charge in [0.1, 0.15) is 0 Å². The Morgan fingerprint density at radius 1 is 1.33 bits per heavy atom. The molecule has 1 aromatic rings. The molecular formula is C13H20ClN3O. The zero-order valence-electron chi connectivity index (χ0n) is 11.4. The zero-order valence-corrected chi connectivity index (χ0v) is 12.1. The lowest BCUT2D eigenvalue weighted by Crippen LogP contribution is -2.49. The smallest absolute Gasteiger partial charge is 0.253 e. The van der Waals surface area contributed by atoms with Gasteiger partial charge in [-0.15, -0.1) is 11.6 Å². The summed E-state index contributed by atoms with van der Waals surface area (Å²) in [4.78, 5) is 12.3. The summed E-state index contributed by atoms with van der Waals surface area (Å²) in [6.07, 6.45) is 1.60. The minimum absolute atomic E-state index is 0.130. The van der Waals surface area contributed by atoms with Gasteiger partial charge in [0.25, 0.3) is 5.91 Å². The van der Waals surface area contributed by atoms with E-state index in [-0.39, 0.29) is 11.4 Å². The Hall–Kier alpha value is -1.16. The van der Waals surface area contributed by atoms with Gasteiger partial charge in [0.15, 0.2) is 0 Å². The molecule has 0 aromatic carbocycles. The van der Waals surface area contributed by atoms with Crippen LogP contribution in [0, 0.1) is 13.8 Å². The zero-order chi connectivity index (χ0) is 13.8. The van der Waals surface area contributed by atoms with Crippen LogP contribution in [-0.4, -0.2) is 27.5 Å². The highest BCUT2D eigenvalue weighted by atomic mass is 35.5. The molecule has 0 bridgehead atoms. The van der Waals surface area contributed by atoms with Crippen LogP contribution in [0.1, 0.15) is 48.4 Å². The Morgan fingerprint density at radius 3 is 2.44 bits per heavy atom. The molecule has 18 heavy (non-hydrogen) atoms. The summed E-state index contributed by atoms with van der Waals surface area (Å²) in [6, 6.07) is 1.75. The second kappa shape index (κ2) is 6.14. The van der Waals surface area contributed by atoms with Gasteiger partial charge in [-0.1, -0.05) is 13.8 Å². The van der Waals surface area contributed by atoms with Crippen LogP contribution in [0.15, 0.2) is 6.07 Å². The molecule has 4 nitrogen and oxygen atoms in total. The molecule has 1 aromatic heterocycles. The molecule has 0 unspecified atom stereocenters.